The summed E-state index contributed by atoms with van der Waals surface area (Å²) < 4.78 is 0.920. The van der Waals surface area contributed by atoms with Crippen LogP contribution in [0.4, 0.5) is 0 Å². The summed E-state index contributed by atoms with van der Waals surface area (Å²) in [7, 11) is 0. The largest absolute Gasteiger partial charge is 0.325 e. The smallest absolute Gasteiger partial charge is 0.132 e. The predicted octanol–water partition coefficient (Wildman–Crippen LogP) is 2.48. The molecule has 2 rings (SSSR count). The molecule has 3 nitrogen and oxygen atoms in total. The Morgan fingerprint density at radius 2 is 2.33 bits per heavy atom. The zero-order chi connectivity index (χ0) is 10.8. The molecule has 1 atom stereocenters. The molecule has 0 saturated heterocycles. The van der Waals surface area contributed by atoms with Crippen LogP contribution in [0.2, 0.25) is 0 Å². The van der Waals surface area contributed by atoms with E-state index >= 15 is 0 Å². The van der Waals surface area contributed by atoms with Gasteiger partial charge in [0, 0.05) is 18.2 Å². The molecule has 0 amide bonds. The number of nitrogens with two attached hydrogens (primary N) is 1. The van der Waals surface area contributed by atoms with Gasteiger partial charge in [-0.05, 0) is 41.8 Å². The number of nitrogens with zero attached hydrogens (tertiary/aromatic N) is 2. The summed E-state index contributed by atoms with van der Waals surface area (Å²) >= 11 is 3.43. The summed E-state index contributed by atoms with van der Waals surface area (Å²) in [4.78, 5) is 8.81. The van der Waals surface area contributed by atoms with Gasteiger partial charge in [-0.1, -0.05) is 6.08 Å². The van der Waals surface area contributed by atoms with Gasteiger partial charge in [0.25, 0.3) is 0 Å². The molecule has 15 heavy (non-hydrogen) atoms. The van der Waals surface area contributed by atoms with Crippen molar-refractivity contribution in [2.75, 3.05) is 0 Å². The fourth-order valence-corrected chi connectivity index (χ4v) is 1.62. The van der Waals surface area contributed by atoms with Gasteiger partial charge in [-0.2, -0.15) is 0 Å². The van der Waals surface area contributed by atoms with Crippen molar-refractivity contribution in [2.45, 2.75) is 31.7 Å². The number of hydrogen-bond acceptors (Lipinski definition) is 3. The van der Waals surface area contributed by atoms with Crippen molar-refractivity contribution in [1.29, 1.82) is 0 Å². The second kappa shape index (κ2) is 4.41. The van der Waals surface area contributed by atoms with Gasteiger partial charge >= 0.3 is 0 Å². The lowest BCUT2D eigenvalue weighted by Gasteiger charge is -2.02. The number of halogens is 1. The van der Waals surface area contributed by atoms with Crippen molar-refractivity contribution >= 4 is 22.0 Å². The van der Waals surface area contributed by atoms with Gasteiger partial charge in [0.1, 0.15) is 5.82 Å². The lowest BCUT2D eigenvalue weighted by molar-refractivity contribution is 0.909. The maximum Gasteiger partial charge on any atom is 0.132 e. The van der Waals surface area contributed by atoms with Crippen molar-refractivity contribution in [1.82, 2.24) is 9.97 Å². The standard InChI is InChI=1S/C11H14BrN3/c1-7(13)2-5-10-9(12)6-14-11(15-10)8-3-4-8/h2,5-8H,3-4,13H2,1H3/b5-2+. The topological polar surface area (TPSA) is 51.8 Å². The van der Waals surface area contributed by atoms with Gasteiger partial charge in [-0.25, -0.2) is 9.97 Å². The minimum atomic E-state index is 0.0521. The Kier molecular flexibility index (Phi) is 3.17. The van der Waals surface area contributed by atoms with E-state index in [-0.39, 0.29) is 6.04 Å². The van der Waals surface area contributed by atoms with Crippen LogP contribution >= 0.6 is 15.9 Å². The Bertz CT molecular complexity index is 383. The Morgan fingerprint density at radius 3 is 2.93 bits per heavy atom. The molecule has 0 spiro atoms. The highest BCUT2D eigenvalue weighted by atomic mass is 79.9. The van der Waals surface area contributed by atoms with Gasteiger partial charge in [0.2, 0.25) is 0 Å². The molecule has 1 fully saturated rings. The summed E-state index contributed by atoms with van der Waals surface area (Å²) in [5.41, 5.74) is 6.58. The fourth-order valence-electron chi connectivity index (χ4n) is 1.29. The van der Waals surface area contributed by atoms with Gasteiger partial charge in [0.05, 0.1) is 10.2 Å². The maximum absolute atomic E-state index is 5.66. The summed E-state index contributed by atoms with van der Waals surface area (Å²) in [6.07, 6.45) is 8.14. The molecule has 80 valence electrons. The van der Waals surface area contributed by atoms with Gasteiger partial charge in [0.15, 0.2) is 0 Å². The highest BCUT2D eigenvalue weighted by molar-refractivity contribution is 9.10. The highest BCUT2D eigenvalue weighted by Crippen LogP contribution is 2.38. The average Bonchev–Trinajstić information content (AvgIpc) is 3.00. The van der Waals surface area contributed by atoms with E-state index in [1.165, 1.54) is 12.8 Å². The SMILES string of the molecule is CC(N)/C=C/c1nc(C2CC2)ncc1Br. The first-order valence-corrected chi connectivity index (χ1v) is 5.92. The molecule has 1 heterocycles. The zero-order valence-corrected chi connectivity index (χ0v) is 10.2. The van der Waals surface area contributed by atoms with Crippen molar-refractivity contribution in [3.8, 4) is 0 Å². The molecule has 0 radical (unpaired) electrons. The summed E-state index contributed by atoms with van der Waals surface area (Å²) in [6.45, 7) is 1.94. The maximum atomic E-state index is 5.66. The second-order valence-electron chi connectivity index (χ2n) is 3.95. The molecule has 1 unspecified atom stereocenters. The Hall–Kier alpha value is -0.740. The highest BCUT2D eigenvalue weighted by Gasteiger charge is 2.26. The van der Waals surface area contributed by atoms with Crippen LogP contribution < -0.4 is 5.73 Å². The minimum Gasteiger partial charge on any atom is -0.325 e. The molecular formula is C11H14BrN3. The first-order valence-electron chi connectivity index (χ1n) is 5.13. The van der Waals surface area contributed by atoms with Crippen molar-refractivity contribution in [3.05, 3.63) is 28.3 Å². The molecule has 0 bridgehead atoms. The Morgan fingerprint density at radius 1 is 1.60 bits per heavy atom. The van der Waals surface area contributed by atoms with Gasteiger partial charge in [-0.3, -0.25) is 0 Å². The molecule has 1 aliphatic carbocycles. The average molecular weight is 268 g/mol. The van der Waals surface area contributed by atoms with E-state index in [9.17, 15) is 0 Å². The molecule has 0 aliphatic heterocycles. The van der Waals surface area contributed by atoms with E-state index in [1.807, 2.05) is 25.3 Å². The number of hydrogen-bond donors (Lipinski definition) is 1. The molecule has 1 aromatic heterocycles. The van der Waals surface area contributed by atoms with E-state index in [4.69, 9.17) is 5.73 Å². The summed E-state index contributed by atoms with van der Waals surface area (Å²) in [5, 5.41) is 0. The van der Waals surface area contributed by atoms with E-state index in [2.05, 4.69) is 25.9 Å². The van der Waals surface area contributed by atoms with E-state index in [1.54, 1.807) is 0 Å². The zero-order valence-electron chi connectivity index (χ0n) is 8.65. The molecule has 2 N–H and O–H groups in total. The first kappa shape index (κ1) is 10.8. The van der Waals surface area contributed by atoms with Crippen LogP contribution in [-0.2, 0) is 0 Å². The van der Waals surface area contributed by atoms with Crippen LogP contribution in [0.5, 0.6) is 0 Å². The third-order valence-electron chi connectivity index (χ3n) is 2.29. The van der Waals surface area contributed by atoms with Crippen molar-refractivity contribution in [2.24, 2.45) is 5.73 Å². The van der Waals surface area contributed by atoms with Crippen LogP contribution in [0.25, 0.3) is 6.08 Å². The lowest BCUT2D eigenvalue weighted by atomic mass is 10.2. The molecule has 1 aromatic rings. The Labute approximate surface area is 97.9 Å². The monoisotopic (exact) mass is 267 g/mol. The summed E-state index contributed by atoms with van der Waals surface area (Å²) in [5.74, 6) is 1.54. The number of rotatable bonds is 3. The lowest BCUT2D eigenvalue weighted by Crippen LogP contribution is -2.10. The predicted molar refractivity (Wildman–Crippen MR) is 64.4 cm³/mol. The fraction of sp³-hybridized carbons (Fsp3) is 0.455. The van der Waals surface area contributed by atoms with E-state index in [0.29, 0.717) is 5.92 Å². The van der Waals surface area contributed by atoms with E-state index in [0.717, 1.165) is 16.0 Å². The third-order valence-corrected chi connectivity index (χ3v) is 2.90. The molecular weight excluding hydrogens is 254 g/mol. The van der Waals surface area contributed by atoms with Crippen LogP contribution in [0.15, 0.2) is 16.7 Å². The summed E-state index contributed by atoms with van der Waals surface area (Å²) in [6, 6.07) is 0.0521. The first-order chi connectivity index (χ1) is 7.16. The molecule has 4 heteroatoms. The van der Waals surface area contributed by atoms with Crippen LogP contribution in [-0.4, -0.2) is 16.0 Å². The Balaban J connectivity index is 2.24. The van der Waals surface area contributed by atoms with Crippen molar-refractivity contribution in [3.63, 3.8) is 0 Å². The van der Waals surface area contributed by atoms with Crippen LogP contribution in [0.3, 0.4) is 0 Å². The molecule has 0 aromatic carbocycles. The normalized spacial score (nSPS) is 18.3. The number of aromatic nitrogens is 2. The second-order valence-corrected chi connectivity index (χ2v) is 4.81. The van der Waals surface area contributed by atoms with E-state index < -0.39 is 0 Å². The molecule has 1 saturated carbocycles. The minimum absolute atomic E-state index is 0.0521. The quantitative estimate of drug-likeness (QED) is 0.916. The third kappa shape index (κ3) is 2.86. The van der Waals surface area contributed by atoms with Crippen molar-refractivity contribution < 1.29 is 0 Å². The molecule has 1 aliphatic rings. The van der Waals surface area contributed by atoms with Gasteiger partial charge in [-0.15, -0.1) is 0 Å². The van der Waals surface area contributed by atoms with Gasteiger partial charge < -0.3 is 5.73 Å². The van der Waals surface area contributed by atoms with Crippen LogP contribution in [0, 0.1) is 0 Å². The van der Waals surface area contributed by atoms with Crippen LogP contribution in [0.1, 0.15) is 37.2 Å².